The standard InChI is InChI=1S/C26H26O2/c1-3-27-25-17-13-23(14-18-25)11-9-21-5-7-22(8-6-21)10-12-24-15-19-26(20-16-24)28-4-2/h5-20H,3-4H2,1-2H3. The van der Waals surface area contributed by atoms with Crippen LogP contribution in [0.2, 0.25) is 0 Å². The topological polar surface area (TPSA) is 18.5 Å². The number of benzene rings is 3. The lowest BCUT2D eigenvalue weighted by Gasteiger charge is -2.02. The van der Waals surface area contributed by atoms with Crippen LogP contribution >= 0.6 is 0 Å². The first-order chi connectivity index (χ1) is 13.8. The van der Waals surface area contributed by atoms with Crippen LogP contribution in [-0.4, -0.2) is 13.2 Å². The zero-order valence-corrected chi connectivity index (χ0v) is 16.5. The number of ether oxygens (including phenoxy) is 2. The highest BCUT2D eigenvalue weighted by atomic mass is 16.5. The van der Waals surface area contributed by atoms with Gasteiger partial charge in [0.2, 0.25) is 0 Å². The first kappa shape index (κ1) is 19.5. The van der Waals surface area contributed by atoms with Gasteiger partial charge in [-0.1, -0.05) is 72.8 Å². The monoisotopic (exact) mass is 370 g/mol. The van der Waals surface area contributed by atoms with Gasteiger partial charge in [-0.2, -0.15) is 0 Å². The molecule has 0 aliphatic carbocycles. The number of rotatable bonds is 8. The zero-order chi connectivity index (χ0) is 19.6. The van der Waals surface area contributed by atoms with Crippen LogP contribution in [0.3, 0.4) is 0 Å². The summed E-state index contributed by atoms with van der Waals surface area (Å²) in [6, 6.07) is 24.8. The largest absolute Gasteiger partial charge is 0.494 e. The normalized spacial score (nSPS) is 11.2. The van der Waals surface area contributed by atoms with E-state index < -0.39 is 0 Å². The van der Waals surface area contributed by atoms with Crippen LogP contribution in [0.15, 0.2) is 72.8 Å². The summed E-state index contributed by atoms with van der Waals surface area (Å²) in [7, 11) is 0. The third-order valence-electron chi connectivity index (χ3n) is 4.26. The van der Waals surface area contributed by atoms with E-state index in [2.05, 4.69) is 72.8 Å². The quantitative estimate of drug-likeness (QED) is 0.405. The van der Waals surface area contributed by atoms with Crippen molar-refractivity contribution in [3.8, 4) is 11.5 Å². The van der Waals surface area contributed by atoms with Crippen molar-refractivity contribution in [3.05, 3.63) is 95.1 Å². The maximum atomic E-state index is 5.47. The average molecular weight is 370 g/mol. The van der Waals surface area contributed by atoms with Gasteiger partial charge in [-0.3, -0.25) is 0 Å². The Morgan fingerprint density at radius 2 is 0.714 bits per heavy atom. The van der Waals surface area contributed by atoms with Crippen LogP contribution in [-0.2, 0) is 0 Å². The van der Waals surface area contributed by atoms with Crippen LogP contribution in [0, 0.1) is 0 Å². The summed E-state index contributed by atoms with van der Waals surface area (Å²) in [4.78, 5) is 0. The van der Waals surface area contributed by atoms with E-state index in [1.54, 1.807) is 0 Å². The summed E-state index contributed by atoms with van der Waals surface area (Å²) in [5.74, 6) is 1.81. The van der Waals surface area contributed by atoms with Crippen LogP contribution in [0.5, 0.6) is 11.5 Å². The first-order valence-corrected chi connectivity index (χ1v) is 9.69. The van der Waals surface area contributed by atoms with Crippen molar-refractivity contribution in [2.75, 3.05) is 13.2 Å². The van der Waals surface area contributed by atoms with E-state index in [1.165, 1.54) is 11.1 Å². The van der Waals surface area contributed by atoms with Gasteiger partial charge in [0.1, 0.15) is 11.5 Å². The zero-order valence-electron chi connectivity index (χ0n) is 16.5. The Kier molecular flexibility index (Phi) is 7.08. The van der Waals surface area contributed by atoms with Crippen molar-refractivity contribution in [2.24, 2.45) is 0 Å². The van der Waals surface area contributed by atoms with E-state index in [1.807, 2.05) is 38.1 Å². The highest BCUT2D eigenvalue weighted by Crippen LogP contribution is 2.17. The molecule has 0 radical (unpaired) electrons. The molecular formula is C26H26O2. The lowest BCUT2D eigenvalue weighted by atomic mass is 10.1. The number of hydrogen-bond donors (Lipinski definition) is 0. The van der Waals surface area contributed by atoms with Crippen molar-refractivity contribution in [1.82, 2.24) is 0 Å². The molecule has 142 valence electrons. The lowest BCUT2D eigenvalue weighted by Crippen LogP contribution is -1.90. The second kappa shape index (κ2) is 10.2. The van der Waals surface area contributed by atoms with Crippen molar-refractivity contribution in [3.63, 3.8) is 0 Å². The van der Waals surface area contributed by atoms with Gasteiger partial charge in [0, 0.05) is 0 Å². The fourth-order valence-corrected chi connectivity index (χ4v) is 2.79. The highest BCUT2D eigenvalue weighted by molar-refractivity contribution is 5.73. The van der Waals surface area contributed by atoms with Gasteiger partial charge in [0.15, 0.2) is 0 Å². The van der Waals surface area contributed by atoms with E-state index in [0.29, 0.717) is 13.2 Å². The van der Waals surface area contributed by atoms with E-state index in [4.69, 9.17) is 9.47 Å². The smallest absolute Gasteiger partial charge is 0.119 e. The van der Waals surface area contributed by atoms with Gasteiger partial charge < -0.3 is 9.47 Å². The summed E-state index contributed by atoms with van der Waals surface area (Å²) < 4.78 is 10.9. The second-order valence-corrected chi connectivity index (χ2v) is 6.34. The van der Waals surface area contributed by atoms with E-state index in [-0.39, 0.29) is 0 Å². The van der Waals surface area contributed by atoms with Gasteiger partial charge in [-0.05, 0) is 60.4 Å². The summed E-state index contributed by atoms with van der Waals surface area (Å²) in [6.07, 6.45) is 8.46. The Morgan fingerprint density at radius 1 is 0.464 bits per heavy atom. The molecule has 3 aromatic carbocycles. The fraction of sp³-hybridized carbons (Fsp3) is 0.154. The molecule has 0 saturated carbocycles. The molecular weight excluding hydrogens is 344 g/mol. The van der Waals surface area contributed by atoms with Crippen LogP contribution < -0.4 is 9.47 Å². The summed E-state index contributed by atoms with van der Waals surface area (Å²) in [5.41, 5.74) is 4.66. The minimum absolute atomic E-state index is 0.689. The molecule has 2 nitrogen and oxygen atoms in total. The molecule has 28 heavy (non-hydrogen) atoms. The summed E-state index contributed by atoms with van der Waals surface area (Å²) in [5, 5.41) is 0. The predicted molar refractivity (Wildman–Crippen MR) is 120 cm³/mol. The Labute approximate surface area is 167 Å². The summed E-state index contributed by atoms with van der Waals surface area (Å²) in [6.45, 7) is 5.36. The minimum Gasteiger partial charge on any atom is -0.494 e. The summed E-state index contributed by atoms with van der Waals surface area (Å²) >= 11 is 0. The first-order valence-electron chi connectivity index (χ1n) is 9.69. The molecule has 0 amide bonds. The molecule has 0 aromatic heterocycles. The molecule has 0 fully saturated rings. The average Bonchev–Trinajstić information content (AvgIpc) is 2.74. The maximum absolute atomic E-state index is 5.47. The Bertz CT molecular complexity index is 824. The van der Waals surface area contributed by atoms with E-state index in [0.717, 1.165) is 22.6 Å². The molecule has 3 rings (SSSR count). The van der Waals surface area contributed by atoms with Crippen LogP contribution in [0.4, 0.5) is 0 Å². The van der Waals surface area contributed by atoms with Gasteiger partial charge in [-0.25, -0.2) is 0 Å². The molecule has 0 aliphatic rings. The van der Waals surface area contributed by atoms with Crippen molar-refractivity contribution in [1.29, 1.82) is 0 Å². The van der Waals surface area contributed by atoms with E-state index >= 15 is 0 Å². The third-order valence-corrected chi connectivity index (χ3v) is 4.26. The molecule has 2 heteroatoms. The van der Waals surface area contributed by atoms with Gasteiger partial charge in [0.05, 0.1) is 13.2 Å². The molecule has 0 bridgehead atoms. The second-order valence-electron chi connectivity index (χ2n) is 6.34. The number of hydrogen-bond acceptors (Lipinski definition) is 2. The SMILES string of the molecule is CCOc1ccc(C=Cc2ccc(C=Cc3ccc(OCC)cc3)cc2)cc1. The molecule has 0 aliphatic heterocycles. The lowest BCUT2D eigenvalue weighted by molar-refractivity contribution is 0.340. The maximum Gasteiger partial charge on any atom is 0.119 e. The third kappa shape index (κ3) is 5.88. The highest BCUT2D eigenvalue weighted by Gasteiger charge is 1.94. The van der Waals surface area contributed by atoms with Gasteiger partial charge in [-0.15, -0.1) is 0 Å². The molecule has 0 N–H and O–H groups in total. The van der Waals surface area contributed by atoms with Gasteiger partial charge >= 0.3 is 0 Å². The molecule has 0 atom stereocenters. The molecule has 0 heterocycles. The molecule has 3 aromatic rings. The molecule has 0 saturated heterocycles. The minimum atomic E-state index is 0.689. The van der Waals surface area contributed by atoms with Crippen molar-refractivity contribution < 1.29 is 9.47 Å². The Hall–Kier alpha value is -3.26. The molecule has 0 unspecified atom stereocenters. The van der Waals surface area contributed by atoms with E-state index in [9.17, 15) is 0 Å². The Morgan fingerprint density at radius 3 is 0.964 bits per heavy atom. The predicted octanol–water partition coefficient (Wildman–Crippen LogP) is 6.82. The fourth-order valence-electron chi connectivity index (χ4n) is 2.79. The Balaban J connectivity index is 1.59. The van der Waals surface area contributed by atoms with Crippen molar-refractivity contribution in [2.45, 2.75) is 13.8 Å². The van der Waals surface area contributed by atoms with Crippen molar-refractivity contribution >= 4 is 24.3 Å². The van der Waals surface area contributed by atoms with Crippen LogP contribution in [0.25, 0.3) is 24.3 Å². The van der Waals surface area contributed by atoms with Crippen LogP contribution in [0.1, 0.15) is 36.1 Å². The molecule has 0 spiro atoms. The van der Waals surface area contributed by atoms with Gasteiger partial charge in [0.25, 0.3) is 0 Å².